The average Bonchev–Trinajstić information content (AvgIpc) is 3.18. The fourth-order valence-electron chi connectivity index (χ4n) is 4.19. The number of ether oxygens (including phenoxy) is 2. The van der Waals surface area contributed by atoms with Crippen LogP contribution in [0.2, 0.25) is 0 Å². The summed E-state index contributed by atoms with van der Waals surface area (Å²) in [6.45, 7) is 9.89. The summed E-state index contributed by atoms with van der Waals surface area (Å²) in [5.41, 5.74) is 1.33. The molecule has 0 saturated carbocycles. The molecule has 1 amide bonds. The third kappa shape index (κ3) is 5.96. The van der Waals surface area contributed by atoms with Gasteiger partial charge < -0.3 is 19.3 Å². The minimum Gasteiger partial charge on any atom is -0.383 e. The minimum atomic E-state index is 0.00547. The first-order valence-electron chi connectivity index (χ1n) is 10.5. The van der Waals surface area contributed by atoms with E-state index < -0.39 is 0 Å². The van der Waals surface area contributed by atoms with Crippen molar-refractivity contribution < 1.29 is 14.3 Å². The molecule has 7 nitrogen and oxygen atoms in total. The molecule has 0 spiro atoms. The summed E-state index contributed by atoms with van der Waals surface area (Å²) in [6.07, 6.45) is 4.48. The molecule has 28 heavy (non-hydrogen) atoms. The van der Waals surface area contributed by atoms with Gasteiger partial charge in [-0.25, -0.2) is 9.97 Å². The summed E-state index contributed by atoms with van der Waals surface area (Å²) < 4.78 is 11.0. The molecule has 2 saturated heterocycles. The van der Waals surface area contributed by atoms with E-state index in [1.807, 2.05) is 18.7 Å². The highest BCUT2D eigenvalue weighted by molar-refractivity contribution is 5.92. The van der Waals surface area contributed by atoms with Crippen LogP contribution in [-0.4, -0.2) is 84.8 Å². The molecule has 0 bridgehead atoms. The molecule has 0 N–H and O–H groups in total. The van der Waals surface area contributed by atoms with Crippen molar-refractivity contribution in [2.24, 2.45) is 5.92 Å². The molecule has 3 heterocycles. The van der Waals surface area contributed by atoms with Crippen LogP contribution in [-0.2, 0) is 9.47 Å². The average molecular weight is 391 g/mol. The number of carbonyl (C=O) groups excluding carboxylic acids is 1. The topological polar surface area (TPSA) is 67.8 Å². The van der Waals surface area contributed by atoms with Crippen molar-refractivity contribution in [1.82, 2.24) is 19.8 Å². The van der Waals surface area contributed by atoms with Crippen molar-refractivity contribution in [2.45, 2.75) is 45.6 Å². The van der Waals surface area contributed by atoms with Crippen LogP contribution in [0.25, 0.3) is 0 Å². The zero-order valence-electron chi connectivity index (χ0n) is 17.5. The Kier molecular flexibility index (Phi) is 7.76. The van der Waals surface area contributed by atoms with Crippen LogP contribution in [0.5, 0.6) is 0 Å². The maximum atomic E-state index is 13.3. The number of likely N-dealkylation sites (tertiary alicyclic amines) is 1. The smallest absolute Gasteiger partial charge is 0.272 e. The molecule has 2 fully saturated rings. The largest absolute Gasteiger partial charge is 0.383 e. The predicted octanol–water partition coefficient (Wildman–Crippen LogP) is 2.07. The van der Waals surface area contributed by atoms with Gasteiger partial charge in [0.15, 0.2) is 0 Å². The summed E-state index contributed by atoms with van der Waals surface area (Å²) in [5.74, 6) is 1.17. The van der Waals surface area contributed by atoms with Gasteiger partial charge in [-0.2, -0.15) is 0 Å². The maximum Gasteiger partial charge on any atom is 0.272 e. The number of hydrogen-bond donors (Lipinski definition) is 0. The highest BCUT2D eigenvalue weighted by Gasteiger charge is 2.28. The molecule has 0 radical (unpaired) electrons. The van der Waals surface area contributed by atoms with Gasteiger partial charge in [0.1, 0.15) is 11.5 Å². The molecule has 0 aromatic carbocycles. The van der Waals surface area contributed by atoms with Gasteiger partial charge in [-0.3, -0.25) is 4.79 Å². The lowest BCUT2D eigenvalue weighted by Crippen LogP contribution is -2.44. The van der Waals surface area contributed by atoms with E-state index in [1.165, 1.54) is 0 Å². The second-order valence-corrected chi connectivity index (χ2v) is 8.06. The van der Waals surface area contributed by atoms with Gasteiger partial charge >= 0.3 is 0 Å². The molecular weight excluding hydrogens is 356 g/mol. The highest BCUT2D eigenvalue weighted by Crippen LogP contribution is 2.21. The normalized spacial score (nSPS) is 21.2. The second-order valence-electron chi connectivity index (χ2n) is 8.06. The minimum absolute atomic E-state index is 0.00547. The Hall–Kier alpha value is -1.57. The van der Waals surface area contributed by atoms with E-state index in [4.69, 9.17) is 9.47 Å². The van der Waals surface area contributed by atoms with E-state index in [0.717, 1.165) is 70.8 Å². The Morgan fingerprint density at radius 2 is 2.04 bits per heavy atom. The van der Waals surface area contributed by atoms with E-state index >= 15 is 0 Å². The van der Waals surface area contributed by atoms with Gasteiger partial charge in [0, 0.05) is 39.0 Å². The number of hydrogen-bond acceptors (Lipinski definition) is 6. The van der Waals surface area contributed by atoms with Crippen LogP contribution in [0.15, 0.2) is 6.07 Å². The summed E-state index contributed by atoms with van der Waals surface area (Å²) in [4.78, 5) is 26.4. The molecule has 2 aliphatic heterocycles. The predicted molar refractivity (Wildman–Crippen MR) is 107 cm³/mol. The van der Waals surface area contributed by atoms with Crippen molar-refractivity contribution in [3.05, 3.63) is 23.3 Å². The van der Waals surface area contributed by atoms with Crippen LogP contribution in [0.1, 0.15) is 47.7 Å². The lowest BCUT2D eigenvalue weighted by atomic mass is 9.95. The van der Waals surface area contributed by atoms with Crippen LogP contribution in [0, 0.1) is 19.8 Å². The molecule has 1 aromatic rings. The number of rotatable bonds is 8. The SMILES string of the molecule is COCCN1CCC(CN(C[C@H]2CCCO2)C(=O)c2cc(C)nc(C)n2)CC1. The first-order chi connectivity index (χ1) is 13.5. The van der Waals surface area contributed by atoms with Crippen molar-refractivity contribution in [2.75, 3.05) is 53.0 Å². The third-order valence-electron chi connectivity index (χ3n) is 5.72. The Morgan fingerprint density at radius 3 is 2.68 bits per heavy atom. The van der Waals surface area contributed by atoms with Gasteiger partial charge in [0.2, 0.25) is 0 Å². The van der Waals surface area contributed by atoms with Crippen molar-refractivity contribution in [1.29, 1.82) is 0 Å². The molecular formula is C21H34N4O3. The van der Waals surface area contributed by atoms with E-state index in [1.54, 1.807) is 13.2 Å². The number of piperidine rings is 1. The molecule has 2 aliphatic rings. The van der Waals surface area contributed by atoms with Gasteiger partial charge in [-0.15, -0.1) is 0 Å². The van der Waals surface area contributed by atoms with Gasteiger partial charge in [-0.05, 0) is 64.6 Å². The zero-order chi connectivity index (χ0) is 19.9. The van der Waals surface area contributed by atoms with Crippen LogP contribution < -0.4 is 0 Å². The van der Waals surface area contributed by atoms with Gasteiger partial charge in [0.05, 0.1) is 12.7 Å². The maximum absolute atomic E-state index is 13.3. The highest BCUT2D eigenvalue weighted by atomic mass is 16.5. The van der Waals surface area contributed by atoms with Crippen LogP contribution in [0.3, 0.4) is 0 Å². The molecule has 0 unspecified atom stereocenters. The monoisotopic (exact) mass is 390 g/mol. The van der Waals surface area contributed by atoms with E-state index in [-0.39, 0.29) is 12.0 Å². The molecule has 1 atom stereocenters. The number of aromatic nitrogens is 2. The Balaban J connectivity index is 1.64. The molecule has 7 heteroatoms. The number of nitrogens with zero attached hydrogens (tertiary/aromatic N) is 4. The fourth-order valence-corrected chi connectivity index (χ4v) is 4.19. The van der Waals surface area contributed by atoms with Crippen molar-refractivity contribution in [3.63, 3.8) is 0 Å². The Bertz CT molecular complexity index is 620. The second kappa shape index (κ2) is 10.3. The lowest BCUT2D eigenvalue weighted by molar-refractivity contribution is 0.0432. The third-order valence-corrected chi connectivity index (χ3v) is 5.72. The lowest BCUT2D eigenvalue weighted by Gasteiger charge is -2.35. The van der Waals surface area contributed by atoms with E-state index in [2.05, 4.69) is 14.9 Å². The number of amides is 1. The van der Waals surface area contributed by atoms with E-state index in [0.29, 0.717) is 24.0 Å². The standard InChI is InChI=1S/C21H34N4O3/c1-16-13-20(23-17(2)22-16)21(26)25(15-19-5-4-11-28-19)14-18-6-8-24(9-7-18)10-12-27-3/h13,18-19H,4-12,14-15H2,1-3H3/t19-/m1/s1. The first kappa shape index (κ1) is 21.1. The molecule has 0 aliphatic carbocycles. The Labute approximate surface area is 168 Å². The van der Waals surface area contributed by atoms with Gasteiger partial charge in [-0.1, -0.05) is 0 Å². The number of carbonyl (C=O) groups is 1. The summed E-state index contributed by atoms with van der Waals surface area (Å²) in [6, 6.07) is 1.80. The molecule has 1 aromatic heterocycles. The first-order valence-corrected chi connectivity index (χ1v) is 10.5. The molecule has 156 valence electrons. The number of aryl methyl sites for hydroxylation is 2. The number of methoxy groups -OCH3 is 1. The quantitative estimate of drug-likeness (QED) is 0.677. The van der Waals surface area contributed by atoms with Crippen molar-refractivity contribution in [3.8, 4) is 0 Å². The summed E-state index contributed by atoms with van der Waals surface area (Å²) >= 11 is 0. The zero-order valence-corrected chi connectivity index (χ0v) is 17.5. The molecule has 3 rings (SSSR count). The summed E-state index contributed by atoms with van der Waals surface area (Å²) in [5, 5.41) is 0. The fraction of sp³-hybridized carbons (Fsp3) is 0.762. The summed E-state index contributed by atoms with van der Waals surface area (Å²) in [7, 11) is 1.75. The van der Waals surface area contributed by atoms with Crippen LogP contribution in [0.4, 0.5) is 0 Å². The Morgan fingerprint density at radius 1 is 1.25 bits per heavy atom. The van der Waals surface area contributed by atoms with Crippen molar-refractivity contribution >= 4 is 5.91 Å². The van der Waals surface area contributed by atoms with E-state index in [9.17, 15) is 4.79 Å². The van der Waals surface area contributed by atoms with Gasteiger partial charge in [0.25, 0.3) is 5.91 Å². The van der Waals surface area contributed by atoms with Crippen LogP contribution >= 0.6 is 0 Å².